The Labute approximate surface area is 105 Å². The van der Waals surface area contributed by atoms with Crippen LogP contribution in [0.3, 0.4) is 0 Å². The van der Waals surface area contributed by atoms with Gasteiger partial charge in [0.1, 0.15) is 11.6 Å². The molecule has 0 unspecified atom stereocenters. The van der Waals surface area contributed by atoms with Crippen molar-refractivity contribution in [3.05, 3.63) is 22.2 Å². The van der Waals surface area contributed by atoms with Gasteiger partial charge in [-0.05, 0) is 19.9 Å². The minimum atomic E-state index is -3.24. The van der Waals surface area contributed by atoms with E-state index in [0.29, 0.717) is 17.6 Å². The van der Waals surface area contributed by atoms with Gasteiger partial charge in [-0.15, -0.1) is 0 Å². The van der Waals surface area contributed by atoms with Gasteiger partial charge in [0.15, 0.2) is 0 Å². The zero-order valence-corrected chi connectivity index (χ0v) is 10.9. The predicted octanol–water partition coefficient (Wildman–Crippen LogP) is -0.392. The molecule has 1 saturated carbocycles. The Hall–Kier alpha value is -1.41. The SMILES string of the molecule is CNS(=O)(=O)CCNc1cc(=O)[nH]c(C2CC2)n1. The molecule has 0 spiro atoms. The van der Waals surface area contributed by atoms with E-state index < -0.39 is 10.0 Å². The topological polar surface area (TPSA) is 104 Å². The van der Waals surface area contributed by atoms with E-state index in [-0.39, 0.29) is 17.9 Å². The van der Waals surface area contributed by atoms with Gasteiger partial charge in [0.25, 0.3) is 5.56 Å². The number of H-pyrrole nitrogens is 1. The predicted molar refractivity (Wildman–Crippen MR) is 68.2 cm³/mol. The first kappa shape index (κ1) is 13.0. The van der Waals surface area contributed by atoms with Crippen LogP contribution in [0.2, 0.25) is 0 Å². The number of aromatic amines is 1. The number of nitrogens with zero attached hydrogens (tertiary/aromatic N) is 1. The number of aromatic nitrogens is 2. The van der Waals surface area contributed by atoms with Crippen LogP contribution in [0.1, 0.15) is 24.6 Å². The van der Waals surface area contributed by atoms with Crippen molar-refractivity contribution in [2.75, 3.05) is 24.7 Å². The summed E-state index contributed by atoms with van der Waals surface area (Å²) in [7, 11) is -1.87. The molecule has 0 radical (unpaired) electrons. The lowest BCUT2D eigenvalue weighted by atomic mass is 10.4. The summed E-state index contributed by atoms with van der Waals surface area (Å²) in [6, 6.07) is 1.33. The number of anilines is 1. The minimum absolute atomic E-state index is 0.0588. The Morgan fingerprint density at radius 3 is 2.83 bits per heavy atom. The molecule has 0 aromatic carbocycles. The van der Waals surface area contributed by atoms with Crippen molar-refractivity contribution in [1.29, 1.82) is 0 Å². The average Bonchev–Trinajstić information content (AvgIpc) is 3.12. The maximum Gasteiger partial charge on any atom is 0.252 e. The lowest BCUT2D eigenvalue weighted by Gasteiger charge is -2.07. The maximum atomic E-state index is 11.4. The van der Waals surface area contributed by atoms with Crippen LogP contribution in [0.15, 0.2) is 10.9 Å². The number of hydrogen-bond donors (Lipinski definition) is 3. The molecule has 0 atom stereocenters. The van der Waals surface area contributed by atoms with Crippen molar-refractivity contribution in [3.8, 4) is 0 Å². The highest BCUT2D eigenvalue weighted by molar-refractivity contribution is 7.89. The second-order valence-corrected chi connectivity index (χ2v) is 6.29. The van der Waals surface area contributed by atoms with Gasteiger partial charge in [-0.1, -0.05) is 0 Å². The van der Waals surface area contributed by atoms with Crippen LogP contribution in [0.5, 0.6) is 0 Å². The molecular formula is C10H16N4O3S. The number of hydrogen-bond acceptors (Lipinski definition) is 5. The molecular weight excluding hydrogens is 256 g/mol. The number of nitrogens with one attached hydrogen (secondary N) is 3. The molecule has 2 rings (SSSR count). The Morgan fingerprint density at radius 2 is 2.22 bits per heavy atom. The summed E-state index contributed by atoms with van der Waals surface area (Å²) in [6.07, 6.45) is 2.08. The summed E-state index contributed by atoms with van der Waals surface area (Å²) in [4.78, 5) is 18.3. The fraction of sp³-hybridized carbons (Fsp3) is 0.600. The summed E-state index contributed by atoms with van der Waals surface area (Å²) in [5, 5.41) is 2.85. The second-order valence-electron chi connectivity index (χ2n) is 4.24. The van der Waals surface area contributed by atoms with E-state index in [2.05, 4.69) is 20.0 Å². The van der Waals surface area contributed by atoms with E-state index in [4.69, 9.17) is 0 Å². The Balaban J connectivity index is 1.99. The zero-order chi connectivity index (χ0) is 13.2. The quantitative estimate of drug-likeness (QED) is 0.654. The van der Waals surface area contributed by atoms with Gasteiger partial charge in [0.2, 0.25) is 10.0 Å². The van der Waals surface area contributed by atoms with Crippen molar-refractivity contribution in [3.63, 3.8) is 0 Å². The Kier molecular flexibility index (Phi) is 3.67. The van der Waals surface area contributed by atoms with Gasteiger partial charge < -0.3 is 10.3 Å². The highest BCUT2D eigenvalue weighted by Crippen LogP contribution is 2.37. The molecule has 0 amide bonds. The van der Waals surface area contributed by atoms with Gasteiger partial charge in [-0.3, -0.25) is 4.79 Å². The lowest BCUT2D eigenvalue weighted by Crippen LogP contribution is -2.26. The van der Waals surface area contributed by atoms with Gasteiger partial charge in [-0.2, -0.15) is 0 Å². The third-order valence-corrected chi connectivity index (χ3v) is 4.08. The highest BCUT2D eigenvalue weighted by Gasteiger charge is 2.26. The molecule has 0 aliphatic heterocycles. The zero-order valence-electron chi connectivity index (χ0n) is 10.1. The Bertz CT molecular complexity index is 577. The molecule has 1 aromatic heterocycles. The molecule has 3 N–H and O–H groups in total. The van der Waals surface area contributed by atoms with E-state index >= 15 is 0 Å². The second kappa shape index (κ2) is 5.07. The smallest absolute Gasteiger partial charge is 0.252 e. The third-order valence-electron chi connectivity index (χ3n) is 2.71. The van der Waals surface area contributed by atoms with Crippen LogP contribution in [0.25, 0.3) is 0 Å². The molecule has 0 bridgehead atoms. The normalized spacial score (nSPS) is 15.6. The number of rotatable bonds is 6. The third kappa shape index (κ3) is 3.54. The molecule has 1 aliphatic rings. The minimum Gasteiger partial charge on any atom is -0.369 e. The van der Waals surface area contributed by atoms with E-state index in [0.717, 1.165) is 12.8 Å². The van der Waals surface area contributed by atoms with Crippen LogP contribution in [-0.4, -0.2) is 37.7 Å². The van der Waals surface area contributed by atoms with Crippen molar-refractivity contribution in [1.82, 2.24) is 14.7 Å². The van der Waals surface area contributed by atoms with E-state index in [1.165, 1.54) is 13.1 Å². The van der Waals surface area contributed by atoms with Crippen LogP contribution < -0.4 is 15.6 Å². The molecule has 1 heterocycles. The largest absolute Gasteiger partial charge is 0.369 e. The fourth-order valence-corrected chi connectivity index (χ4v) is 2.11. The molecule has 0 saturated heterocycles. The molecule has 100 valence electrons. The van der Waals surface area contributed by atoms with Crippen LogP contribution in [0, 0.1) is 0 Å². The first-order valence-corrected chi connectivity index (χ1v) is 7.42. The molecule has 1 fully saturated rings. The van der Waals surface area contributed by atoms with Crippen molar-refractivity contribution < 1.29 is 8.42 Å². The van der Waals surface area contributed by atoms with Crippen LogP contribution in [-0.2, 0) is 10.0 Å². The first-order valence-electron chi connectivity index (χ1n) is 5.76. The molecule has 7 nitrogen and oxygen atoms in total. The molecule has 1 aromatic rings. The summed E-state index contributed by atoms with van der Waals surface area (Å²) in [5.74, 6) is 1.39. The van der Waals surface area contributed by atoms with Crippen LogP contribution >= 0.6 is 0 Å². The Morgan fingerprint density at radius 1 is 1.50 bits per heavy atom. The molecule has 1 aliphatic carbocycles. The van der Waals surface area contributed by atoms with E-state index in [9.17, 15) is 13.2 Å². The van der Waals surface area contributed by atoms with Crippen LogP contribution in [0.4, 0.5) is 5.82 Å². The lowest BCUT2D eigenvalue weighted by molar-refractivity contribution is 0.588. The van der Waals surface area contributed by atoms with Gasteiger partial charge >= 0.3 is 0 Å². The van der Waals surface area contributed by atoms with E-state index in [1.54, 1.807) is 0 Å². The maximum absolute atomic E-state index is 11.4. The average molecular weight is 272 g/mol. The first-order chi connectivity index (χ1) is 8.50. The summed E-state index contributed by atoms with van der Waals surface area (Å²) < 4.78 is 24.6. The summed E-state index contributed by atoms with van der Waals surface area (Å²) in [6.45, 7) is 0.212. The number of sulfonamides is 1. The van der Waals surface area contributed by atoms with Crippen molar-refractivity contribution in [2.24, 2.45) is 0 Å². The molecule has 8 heteroatoms. The monoisotopic (exact) mass is 272 g/mol. The van der Waals surface area contributed by atoms with Gasteiger partial charge in [0.05, 0.1) is 5.75 Å². The van der Waals surface area contributed by atoms with Crippen molar-refractivity contribution in [2.45, 2.75) is 18.8 Å². The summed E-state index contributed by atoms with van der Waals surface area (Å²) >= 11 is 0. The highest BCUT2D eigenvalue weighted by atomic mass is 32.2. The van der Waals surface area contributed by atoms with Gasteiger partial charge in [0, 0.05) is 18.5 Å². The standard InChI is InChI=1S/C10H16N4O3S/c1-11-18(16,17)5-4-12-8-6-9(15)14-10(13-8)7-2-3-7/h6-7,11H,2-5H2,1H3,(H2,12,13,14,15). The summed E-state index contributed by atoms with van der Waals surface area (Å²) in [5.41, 5.74) is -0.217. The van der Waals surface area contributed by atoms with Gasteiger partial charge in [-0.25, -0.2) is 18.1 Å². The van der Waals surface area contributed by atoms with Crippen molar-refractivity contribution >= 4 is 15.8 Å². The fourth-order valence-electron chi connectivity index (χ4n) is 1.53. The molecule has 18 heavy (non-hydrogen) atoms. The van der Waals surface area contributed by atoms with E-state index in [1.807, 2.05) is 0 Å².